The summed E-state index contributed by atoms with van der Waals surface area (Å²) in [5.74, 6) is -2.14. The van der Waals surface area contributed by atoms with Crippen LogP contribution in [-0.4, -0.2) is 32.9 Å². The smallest absolute Gasteiger partial charge is 0.326 e. The van der Waals surface area contributed by atoms with Gasteiger partial charge in [-0.3, -0.25) is 14.9 Å². The standard InChI is InChI=1S/C11H10ClN3O5/c12-8-3-6(7(4-13-8)15(19)20)10(16)14-9(11(17)18)5-1-2-5/h3-5,9H,1-2H2,(H,14,16)(H,17,18). The molecule has 1 aromatic rings. The summed E-state index contributed by atoms with van der Waals surface area (Å²) in [5, 5.41) is 22.1. The number of nitro groups is 1. The van der Waals surface area contributed by atoms with E-state index in [-0.39, 0.29) is 16.6 Å². The minimum Gasteiger partial charge on any atom is -0.480 e. The van der Waals surface area contributed by atoms with Gasteiger partial charge < -0.3 is 10.4 Å². The summed E-state index contributed by atoms with van der Waals surface area (Å²) >= 11 is 5.61. The number of rotatable bonds is 5. The van der Waals surface area contributed by atoms with Crippen molar-refractivity contribution in [1.29, 1.82) is 0 Å². The fraction of sp³-hybridized carbons (Fsp3) is 0.364. The van der Waals surface area contributed by atoms with Crippen molar-refractivity contribution >= 4 is 29.2 Å². The molecule has 1 saturated carbocycles. The molecule has 0 aliphatic heterocycles. The number of halogens is 1. The third-order valence-electron chi connectivity index (χ3n) is 2.94. The Hall–Kier alpha value is -2.22. The van der Waals surface area contributed by atoms with Gasteiger partial charge in [0.2, 0.25) is 0 Å². The van der Waals surface area contributed by atoms with Gasteiger partial charge in [0, 0.05) is 0 Å². The molecule has 1 aromatic heterocycles. The second-order valence-corrected chi connectivity index (χ2v) is 4.80. The summed E-state index contributed by atoms with van der Waals surface area (Å²) in [6.45, 7) is 0. The molecule has 9 heteroatoms. The molecule has 1 aliphatic rings. The van der Waals surface area contributed by atoms with Crippen LogP contribution in [0.25, 0.3) is 0 Å². The van der Waals surface area contributed by atoms with E-state index in [0.29, 0.717) is 12.8 Å². The highest BCUT2D eigenvalue weighted by Gasteiger charge is 2.38. The number of carboxylic acid groups (broad SMARTS) is 1. The van der Waals surface area contributed by atoms with Crippen molar-refractivity contribution in [3.63, 3.8) is 0 Å². The molecule has 20 heavy (non-hydrogen) atoms. The SMILES string of the molecule is O=C(NC(C(=O)O)C1CC1)c1cc(Cl)ncc1[N+](=O)[O-]. The van der Waals surface area contributed by atoms with Crippen LogP contribution in [0.1, 0.15) is 23.2 Å². The minimum atomic E-state index is -1.16. The number of aromatic nitrogens is 1. The maximum atomic E-state index is 12.0. The summed E-state index contributed by atoms with van der Waals surface area (Å²) in [5.41, 5.74) is -0.825. The van der Waals surface area contributed by atoms with Crippen molar-refractivity contribution in [1.82, 2.24) is 10.3 Å². The summed E-state index contributed by atoms with van der Waals surface area (Å²) < 4.78 is 0. The maximum Gasteiger partial charge on any atom is 0.326 e. The first-order chi connectivity index (χ1) is 9.40. The molecule has 8 nitrogen and oxygen atoms in total. The van der Waals surface area contributed by atoms with Crippen molar-refractivity contribution in [2.24, 2.45) is 5.92 Å². The third-order valence-corrected chi connectivity index (χ3v) is 3.14. The Morgan fingerprint density at radius 1 is 1.55 bits per heavy atom. The van der Waals surface area contributed by atoms with Crippen molar-refractivity contribution in [2.45, 2.75) is 18.9 Å². The number of nitrogens with one attached hydrogen (secondary N) is 1. The molecule has 2 rings (SSSR count). The number of hydrogen-bond donors (Lipinski definition) is 2. The average Bonchev–Trinajstić information content (AvgIpc) is 3.18. The highest BCUT2D eigenvalue weighted by Crippen LogP contribution is 2.33. The van der Waals surface area contributed by atoms with E-state index in [9.17, 15) is 19.7 Å². The Balaban J connectivity index is 2.26. The van der Waals surface area contributed by atoms with Crippen LogP contribution in [0.3, 0.4) is 0 Å². The van der Waals surface area contributed by atoms with E-state index in [2.05, 4.69) is 10.3 Å². The van der Waals surface area contributed by atoms with E-state index in [1.54, 1.807) is 0 Å². The van der Waals surface area contributed by atoms with Gasteiger partial charge >= 0.3 is 5.97 Å². The summed E-state index contributed by atoms with van der Waals surface area (Å²) in [4.78, 5) is 36.6. The van der Waals surface area contributed by atoms with E-state index >= 15 is 0 Å². The molecule has 106 valence electrons. The van der Waals surface area contributed by atoms with Gasteiger partial charge in [-0.15, -0.1) is 0 Å². The second-order valence-electron chi connectivity index (χ2n) is 4.41. The number of pyridine rings is 1. The minimum absolute atomic E-state index is 0.0842. The van der Waals surface area contributed by atoms with E-state index in [0.717, 1.165) is 12.3 Å². The largest absolute Gasteiger partial charge is 0.480 e. The Kier molecular flexibility index (Phi) is 3.84. The van der Waals surface area contributed by atoms with E-state index in [1.165, 1.54) is 0 Å². The molecule has 1 atom stereocenters. The van der Waals surface area contributed by atoms with Gasteiger partial charge in [-0.05, 0) is 24.8 Å². The van der Waals surface area contributed by atoms with E-state index in [4.69, 9.17) is 16.7 Å². The Labute approximate surface area is 117 Å². The van der Waals surface area contributed by atoms with Crippen molar-refractivity contribution in [3.05, 3.63) is 33.1 Å². The molecule has 1 fully saturated rings. The zero-order valence-corrected chi connectivity index (χ0v) is 10.8. The third kappa shape index (κ3) is 3.02. The van der Waals surface area contributed by atoms with Crippen LogP contribution in [-0.2, 0) is 4.79 Å². The lowest BCUT2D eigenvalue weighted by Crippen LogP contribution is -2.42. The van der Waals surface area contributed by atoms with Gasteiger partial charge in [-0.25, -0.2) is 9.78 Å². The fourth-order valence-electron chi connectivity index (χ4n) is 1.78. The van der Waals surface area contributed by atoms with Crippen LogP contribution >= 0.6 is 11.6 Å². The van der Waals surface area contributed by atoms with Crippen molar-refractivity contribution in [3.8, 4) is 0 Å². The number of amides is 1. The maximum absolute atomic E-state index is 12.0. The molecule has 1 aliphatic carbocycles. The lowest BCUT2D eigenvalue weighted by Gasteiger charge is -2.13. The Morgan fingerprint density at radius 2 is 2.20 bits per heavy atom. The van der Waals surface area contributed by atoms with Gasteiger partial charge in [0.25, 0.3) is 11.6 Å². The molecule has 0 radical (unpaired) electrons. The molecule has 1 amide bonds. The molecule has 2 N–H and O–H groups in total. The molecule has 1 heterocycles. The number of nitrogens with zero attached hydrogens (tertiary/aromatic N) is 2. The van der Waals surface area contributed by atoms with Crippen molar-refractivity contribution in [2.75, 3.05) is 0 Å². The molecule has 0 saturated heterocycles. The predicted octanol–water partition coefficient (Wildman–Crippen LogP) is 1.24. The zero-order valence-electron chi connectivity index (χ0n) is 10.1. The first-order valence-corrected chi connectivity index (χ1v) is 6.11. The Bertz CT molecular complexity index is 587. The monoisotopic (exact) mass is 299 g/mol. The van der Waals surface area contributed by atoms with Crippen LogP contribution in [0, 0.1) is 16.0 Å². The lowest BCUT2D eigenvalue weighted by atomic mass is 10.1. The topological polar surface area (TPSA) is 122 Å². The molecule has 0 aromatic carbocycles. The quantitative estimate of drug-likeness (QED) is 0.479. The summed E-state index contributed by atoms with van der Waals surface area (Å²) in [7, 11) is 0. The second kappa shape index (κ2) is 5.41. The summed E-state index contributed by atoms with van der Waals surface area (Å²) in [6.07, 6.45) is 2.27. The lowest BCUT2D eigenvalue weighted by molar-refractivity contribution is -0.385. The first kappa shape index (κ1) is 14.2. The first-order valence-electron chi connectivity index (χ1n) is 5.73. The molecule has 0 spiro atoms. The zero-order chi connectivity index (χ0) is 14.9. The van der Waals surface area contributed by atoms with Crippen LogP contribution in [0.4, 0.5) is 5.69 Å². The number of carbonyl (C=O) groups excluding carboxylic acids is 1. The van der Waals surface area contributed by atoms with E-state index in [1.807, 2.05) is 0 Å². The highest BCUT2D eigenvalue weighted by molar-refractivity contribution is 6.29. The molecule has 0 bridgehead atoms. The van der Waals surface area contributed by atoms with Gasteiger partial charge in [-0.1, -0.05) is 11.6 Å². The normalized spacial score (nSPS) is 15.4. The Morgan fingerprint density at radius 3 is 2.70 bits per heavy atom. The van der Waals surface area contributed by atoms with Gasteiger partial charge in [0.1, 0.15) is 23.0 Å². The summed E-state index contributed by atoms with van der Waals surface area (Å²) in [6, 6.07) is -0.00469. The molecular formula is C11H10ClN3O5. The predicted molar refractivity (Wildman–Crippen MR) is 67.5 cm³/mol. The van der Waals surface area contributed by atoms with Crippen LogP contribution in [0.5, 0.6) is 0 Å². The van der Waals surface area contributed by atoms with Gasteiger partial charge in [0.05, 0.1) is 4.92 Å². The average molecular weight is 300 g/mol. The number of carbonyl (C=O) groups is 2. The van der Waals surface area contributed by atoms with Crippen LogP contribution in [0.15, 0.2) is 12.3 Å². The van der Waals surface area contributed by atoms with Gasteiger partial charge in [-0.2, -0.15) is 0 Å². The number of hydrogen-bond acceptors (Lipinski definition) is 5. The van der Waals surface area contributed by atoms with Crippen LogP contribution in [0.2, 0.25) is 5.15 Å². The highest BCUT2D eigenvalue weighted by atomic mass is 35.5. The molecule has 1 unspecified atom stereocenters. The fourth-order valence-corrected chi connectivity index (χ4v) is 1.94. The van der Waals surface area contributed by atoms with E-state index < -0.39 is 28.5 Å². The number of aliphatic carboxylic acids is 1. The van der Waals surface area contributed by atoms with Crippen LogP contribution < -0.4 is 5.32 Å². The van der Waals surface area contributed by atoms with Crippen molar-refractivity contribution < 1.29 is 19.6 Å². The number of carboxylic acids is 1. The molecular weight excluding hydrogens is 290 g/mol. The van der Waals surface area contributed by atoms with Gasteiger partial charge in [0.15, 0.2) is 0 Å².